The summed E-state index contributed by atoms with van der Waals surface area (Å²) < 4.78 is 29.8. The number of aromatic nitrogens is 1. The van der Waals surface area contributed by atoms with Gasteiger partial charge in [-0.15, -0.1) is 0 Å². The maximum absolute atomic E-state index is 13.2. The highest BCUT2D eigenvalue weighted by Crippen LogP contribution is 2.42. The highest BCUT2D eigenvalue weighted by atomic mass is 32.2. The van der Waals surface area contributed by atoms with E-state index in [1.165, 1.54) is 9.87 Å². The summed E-state index contributed by atoms with van der Waals surface area (Å²) >= 11 is 0. The number of hydrogen-bond acceptors (Lipinski definition) is 3. The van der Waals surface area contributed by atoms with Crippen molar-refractivity contribution in [3.05, 3.63) is 59.4 Å². The zero-order valence-corrected chi connectivity index (χ0v) is 18.0. The van der Waals surface area contributed by atoms with Gasteiger partial charge in [-0.2, -0.15) is 17.0 Å². The van der Waals surface area contributed by atoms with Gasteiger partial charge < -0.3 is 9.47 Å². The topological polar surface area (TPSA) is 65.9 Å². The van der Waals surface area contributed by atoms with Crippen LogP contribution in [0.2, 0.25) is 0 Å². The Bertz CT molecular complexity index is 1020. The molecule has 2 aliphatic heterocycles. The molecule has 0 radical (unpaired) electrons. The lowest BCUT2D eigenvalue weighted by molar-refractivity contribution is 0.0609. The van der Waals surface area contributed by atoms with Crippen LogP contribution in [-0.2, 0) is 29.2 Å². The van der Waals surface area contributed by atoms with Gasteiger partial charge in [-0.1, -0.05) is 24.3 Å². The number of aryl methyl sites for hydroxylation is 1. The molecular weight excluding hydrogens is 388 g/mol. The standard InChI is InChI=1S/C21H28N4O3S/c1-22(2)29(27,28)25-13-10-21(11-14-25)16-24(15-17-7-4-5-8-18(17)21)20(26)19-9-6-12-23(19)3/h4-9,12H,10-11,13-16H2,1-3H3. The van der Waals surface area contributed by atoms with Crippen molar-refractivity contribution in [3.8, 4) is 0 Å². The second-order valence-electron chi connectivity index (χ2n) is 8.29. The first-order valence-electron chi connectivity index (χ1n) is 9.91. The van der Waals surface area contributed by atoms with Crippen molar-refractivity contribution in [2.45, 2.75) is 24.8 Å². The zero-order chi connectivity index (χ0) is 20.8. The second kappa shape index (κ2) is 7.27. The molecule has 4 rings (SSSR count). The Morgan fingerprint density at radius 2 is 1.76 bits per heavy atom. The maximum atomic E-state index is 13.2. The van der Waals surface area contributed by atoms with Crippen LogP contribution in [0.5, 0.6) is 0 Å². The van der Waals surface area contributed by atoms with E-state index >= 15 is 0 Å². The molecule has 3 heterocycles. The van der Waals surface area contributed by atoms with E-state index in [9.17, 15) is 13.2 Å². The first-order valence-corrected chi connectivity index (χ1v) is 11.3. The van der Waals surface area contributed by atoms with Gasteiger partial charge in [-0.25, -0.2) is 0 Å². The number of carbonyl (C=O) groups is 1. The van der Waals surface area contributed by atoms with Gasteiger partial charge in [0.15, 0.2) is 0 Å². The molecule has 0 unspecified atom stereocenters. The molecule has 29 heavy (non-hydrogen) atoms. The molecule has 2 aliphatic rings. The van der Waals surface area contributed by atoms with Crippen LogP contribution in [-0.4, -0.2) is 66.1 Å². The summed E-state index contributed by atoms with van der Waals surface area (Å²) in [5, 5.41) is 0. The minimum Gasteiger partial charge on any atom is -0.347 e. The number of piperidine rings is 1. The summed E-state index contributed by atoms with van der Waals surface area (Å²) in [6.45, 7) is 2.12. The van der Waals surface area contributed by atoms with Crippen molar-refractivity contribution in [1.82, 2.24) is 18.1 Å². The molecule has 8 heteroatoms. The molecule has 0 atom stereocenters. The van der Waals surface area contributed by atoms with E-state index in [-0.39, 0.29) is 11.3 Å². The summed E-state index contributed by atoms with van der Waals surface area (Å²) in [4.78, 5) is 15.1. The zero-order valence-electron chi connectivity index (χ0n) is 17.2. The van der Waals surface area contributed by atoms with Crippen molar-refractivity contribution >= 4 is 16.1 Å². The van der Waals surface area contributed by atoms with E-state index in [1.807, 2.05) is 47.0 Å². The molecule has 1 spiro atoms. The van der Waals surface area contributed by atoms with Crippen molar-refractivity contribution in [1.29, 1.82) is 0 Å². The summed E-state index contributed by atoms with van der Waals surface area (Å²) in [7, 11) is 1.59. The molecule has 7 nitrogen and oxygen atoms in total. The highest BCUT2D eigenvalue weighted by Gasteiger charge is 2.45. The number of fused-ring (bicyclic) bond motifs is 2. The van der Waals surface area contributed by atoms with Crippen LogP contribution in [0.1, 0.15) is 34.5 Å². The molecule has 0 bridgehead atoms. The van der Waals surface area contributed by atoms with Gasteiger partial charge in [-0.05, 0) is 36.1 Å². The van der Waals surface area contributed by atoms with E-state index < -0.39 is 10.2 Å². The Balaban J connectivity index is 1.65. The lowest BCUT2D eigenvalue weighted by Gasteiger charge is -2.48. The van der Waals surface area contributed by atoms with Gasteiger partial charge >= 0.3 is 0 Å². The van der Waals surface area contributed by atoms with Gasteiger partial charge in [0.1, 0.15) is 5.69 Å². The average Bonchev–Trinajstić information content (AvgIpc) is 3.13. The first kappa shape index (κ1) is 20.1. The van der Waals surface area contributed by atoms with Crippen molar-refractivity contribution in [2.24, 2.45) is 7.05 Å². The molecule has 1 aromatic heterocycles. The number of nitrogens with zero attached hydrogens (tertiary/aromatic N) is 4. The minimum atomic E-state index is -3.42. The molecule has 2 aromatic rings. The smallest absolute Gasteiger partial charge is 0.281 e. The number of amides is 1. The predicted octanol–water partition coefficient (Wildman–Crippen LogP) is 1.82. The molecule has 1 amide bonds. The summed E-state index contributed by atoms with van der Waals surface area (Å²) in [5.74, 6) is 0.0229. The van der Waals surface area contributed by atoms with Crippen LogP contribution in [0.25, 0.3) is 0 Å². The number of hydrogen-bond donors (Lipinski definition) is 0. The van der Waals surface area contributed by atoms with E-state index in [4.69, 9.17) is 0 Å². The van der Waals surface area contributed by atoms with Gasteiger partial charge in [0, 0.05) is 58.9 Å². The van der Waals surface area contributed by atoms with Gasteiger partial charge in [0.25, 0.3) is 16.1 Å². The number of carbonyl (C=O) groups excluding carboxylic acids is 1. The van der Waals surface area contributed by atoms with Crippen molar-refractivity contribution < 1.29 is 13.2 Å². The lowest BCUT2D eigenvalue weighted by Crippen LogP contribution is -2.55. The number of rotatable bonds is 3. The fourth-order valence-corrected chi connectivity index (χ4v) is 5.79. The Labute approximate surface area is 172 Å². The molecule has 1 saturated heterocycles. The van der Waals surface area contributed by atoms with Crippen LogP contribution >= 0.6 is 0 Å². The van der Waals surface area contributed by atoms with Crippen LogP contribution in [0.4, 0.5) is 0 Å². The fraction of sp³-hybridized carbons (Fsp3) is 0.476. The normalized spacial score (nSPS) is 19.5. The Hall–Kier alpha value is -2.16. The van der Waals surface area contributed by atoms with E-state index in [1.54, 1.807) is 18.4 Å². The molecule has 1 aromatic carbocycles. The van der Waals surface area contributed by atoms with Gasteiger partial charge in [-0.3, -0.25) is 4.79 Å². The first-order chi connectivity index (χ1) is 13.7. The minimum absolute atomic E-state index is 0.0229. The quantitative estimate of drug-likeness (QED) is 0.767. The van der Waals surface area contributed by atoms with E-state index in [2.05, 4.69) is 12.1 Å². The monoisotopic (exact) mass is 416 g/mol. The molecule has 1 fully saturated rings. The summed E-state index contributed by atoms with van der Waals surface area (Å²) in [6, 6.07) is 12.0. The van der Waals surface area contributed by atoms with Crippen molar-refractivity contribution in [3.63, 3.8) is 0 Å². The van der Waals surface area contributed by atoms with Gasteiger partial charge in [0.05, 0.1) is 0 Å². The number of benzene rings is 1. The maximum Gasteiger partial charge on any atom is 0.281 e. The fourth-order valence-electron chi connectivity index (χ4n) is 4.68. The molecule has 0 saturated carbocycles. The Morgan fingerprint density at radius 3 is 2.38 bits per heavy atom. The predicted molar refractivity (Wildman–Crippen MR) is 112 cm³/mol. The van der Waals surface area contributed by atoms with Crippen molar-refractivity contribution in [2.75, 3.05) is 33.7 Å². The Kier molecular flexibility index (Phi) is 5.04. The van der Waals surface area contributed by atoms with Crippen LogP contribution < -0.4 is 0 Å². The van der Waals surface area contributed by atoms with Crippen LogP contribution in [0.3, 0.4) is 0 Å². The molecular formula is C21H28N4O3S. The third-order valence-corrected chi connectivity index (χ3v) is 8.30. The highest BCUT2D eigenvalue weighted by molar-refractivity contribution is 7.86. The largest absolute Gasteiger partial charge is 0.347 e. The van der Waals surface area contributed by atoms with Gasteiger partial charge in [0.2, 0.25) is 0 Å². The summed E-state index contributed by atoms with van der Waals surface area (Å²) in [5.41, 5.74) is 2.88. The third kappa shape index (κ3) is 3.39. The lowest BCUT2D eigenvalue weighted by atomic mass is 9.69. The average molecular weight is 417 g/mol. The molecule has 156 valence electrons. The Morgan fingerprint density at radius 1 is 1.07 bits per heavy atom. The van der Waals surface area contributed by atoms with Crippen LogP contribution in [0, 0.1) is 0 Å². The summed E-state index contributed by atoms with van der Waals surface area (Å²) in [6.07, 6.45) is 3.29. The molecule has 0 aliphatic carbocycles. The third-order valence-electron chi connectivity index (χ3n) is 6.36. The molecule has 0 N–H and O–H groups in total. The van der Waals surface area contributed by atoms with E-state index in [0.717, 1.165) is 5.56 Å². The van der Waals surface area contributed by atoms with E-state index in [0.29, 0.717) is 44.7 Å². The van der Waals surface area contributed by atoms with Crippen LogP contribution in [0.15, 0.2) is 42.6 Å². The second-order valence-corrected chi connectivity index (χ2v) is 10.4. The SMILES string of the molecule is CN(C)S(=O)(=O)N1CCC2(CC1)CN(C(=O)c1cccn1C)Cc1ccccc12.